The molecule has 6 heteroatoms. The molecule has 48 heavy (non-hydrogen) atoms. The Morgan fingerprint density at radius 1 is 0.479 bits per heavy atom. The number of nitrogens with zero attached hydrogens (tertiary/aromatic N) is 5. The van der Waals surface area contributed by atoms with Crippen LogP contribution in [0.3, 0.4) is 0 Å². The Morgan fingerprint density at radius 3 is 1.65 bits per heavy atom. The first kappa shape index (κ1) is 27.1. The number of aryl methyl sites for hydroxylation is 2. The summed E-state index contributed by atoms with van der Waals surface area (Å²) in [5, 5.41) is 4.86. The van der Waals surface area contributed by atoms with Crippen molar-refractivity contribution < 1.29 is 0 Å². The van der Waals surface area contributed by atoms with Gasteiger partial charge in [-0.2, -0.15) is 5.10 Å². The summed E-state index contributed by atoms with van der Waals surface area (Å²) < 4.78 is 2.07. The number of hydrogen-bond acceptors (Lipinski definition) is 4. The zero-order valence-electron chi connectivity index (χ0n) is 26.9. The fourth-order valence-corrected chi connectivity index (χ4v) is 8.16. The van der Waals surface area contributed by atoms with E-state index < -0.39 is 0 Å². The van der Waals surface area contributed by atoms with Gasteiger partial charge in [0.1, 0.15) is 6.67 Å². The Bertz CT molecular complexity index is 2400. The van der Waals surface area contributed by atoms with Gasteiger partial charge in [0.05, 0.1) is 22.8 Å². The molecule has 1 aromatic heterocycles. The quantitative estimate of drug-likeness (QED) is 0.186. The Labute approximate surface area is 281 Å². The van der Waals surface area contributed by atoms with Gasteiger partial charge in [-0.3, -0.25) is 0 Å². The summed E-state index contributed by atoms with van der Waals surface area (Å²) in [6.45, 7) is 4.96. The molecule has 10 rings (SSSR count). The molecule has 0 radical (unpaired) electrons. The van der Waals surface area contributed by atoms with Gasteiger partial charge in [0.2, 0.25) is 0 Å². The molecule has 5 nitrogen and oxygen atoms in total. The summed E-state index contributed by atoms with van der Waals surface area (Å²) in [6, 6.07) is 53.3. The van der Waals surface area contributed by atoms with Crippen LogP contribution >= 0.6 is 0 Å². The van der Waals surface area contributed by atoms with Crippen LogP contribution < -0.4 is 25.5 Å². The predicted molar refractivity (Wildman–Crippen MR) is 200 cm³/mol. The van der Waals surface area contributed by atoms with Crippen molar-refractivity contribution in [3.05, 3.63) is 157 Å². The average molecular weight is 618 g/mol. The van der Waals surface area contributed by atoms with E-state index in [1.165, 1.54) is 67.3 Å². The molecule has 4 heterocycles. The lowest BCUT2D eigenvalue weighted by atomic mass is 9.43. The molecule has 6 aromatic carbocycles. The van der Waals surface area contributed by atoms with Crippen molar-refractivity contribution in [2.45, 2.75) is 13.8 Å². The molecule has 3 aliphatic rings. The van der Waals surface area contributed by atoms with Gasteiger partial charge in [0.15, 0.2) is 0 Å². The van der Waals surface area contributed by atoms with Crippen molar-refractivity contribution in [2.24, 2.45) is 0 Å². The number of fused-ring (bicyclic) bond motifs is 12. The molecule has 0 unspecified atom stereocenters. The van der Waals surface area contributed by atoms with Crippen molar-refractivity contribution in [3.63, 3.8) is 0 Å². The van der Waals surface area contributed by atoms with Crippen molar-refractivity contribution >= 4 is 51.9 Å². The third-order valence-corrected chi connectivity index (χ3v) is 10.2. The number of rotatable bonds is 3. The van der Waals surface area contributed by atoms with E-state index in [0.717, 1.165) is 23.7 Å². The van der Waals surface area contributed by atoms with Crippen LogP contribution in [0.1, 0.15) is 11.4 Å². The molecule has 228 valence electrons. The highest BCUT2D eigenvalue weighted by Crippen LogP contribution is 2.50. The monoisotopic (exact) mass is 617 g/mol. The lowest BCUT2D eigenvalue weighted by molar-refractivity contribution is 0.834. The predicted octanol–water partition coefficient (Wildman–Crippen LogP) is 8.64. The second kappa shape index (κ2) is 10.2. The van der Waals surface area contributed by atoms with Crippen molar-refractivity contribution in [2.75, 3.05) is 21.3 Å². The van der Waals surface area contributed by atoms with Crippen molar-refractivity contribution in [1.29, 1.82) is 0 Å². The topological polar surface area (TPSA) is 27.5 Å². The van der Waals surface area contributed by atoms with Crippen LogP contribution in [0.25, 0.3) is 27.9 Å². The van der Waals surface area contributed by atoms with Crippen LogP contribution in [0, 0.1) is 13.8 Å². The third-order valence-electron chi connectivity index (χ3n) is 10.2. The van der Waals surface area contributed by atoms with Crippen LogP contribution in [0.4, 0.5) is 34.1 Å². The van der Waals surface area contributed by atoms with Gasteiger partial charge in [-0.05, 0) is 90.5 Å². The number of benzene rings is 6. The highest BCUT2D eigenvalue weighted by molar-refractivity contribution is 6.92. The van der Waals surface area contributed by atoms with E-state index in [1.807, 2.05) is 0 Å². The van der Waals surface area contributed by atoms with Gasteiger partial charge in [0.25, 0.3) is 0 Å². The highest BCUT2D eigenvalue weighted by atomic mass is 15.4. The molecule has 0 fully saturated rings. The van der Waals surface area contributed by atoms with Gasteiger partial charge in [-0.15, -0.1) is 0 Å². The molecule has 0 N–H and O–H groups in total. The first-order valence-corrected chi connectivity index (χ1v) is 16.6. The first-order chi connectivity index (χ1) is 23.6. The van der Waals surface area contributed by atoms with Crippen LogP contribution in [0.2, 0.25) is 0 Å². The van der Waals surface area contributed by atoms with Crippen LogP contribution in [-0.2, 0) is 0 Å². The van der Waals surface area contributed by atoms with Gasteiger partial charge >= 0.3 is 6.85 Å². The minimum Gasteiger partial charge on any atom is -0.376 e. The molecular formula is C42H32BN5. The summed E-state index contributed by atoms with van der Waals surface area (Å²) in [4.78, 5) is 7.44. The minimum atomic E-state index is 0.0371. The first-order valence-electron chi connectivity index (χ1n) is 16.6. The Kier molecular flexibility index (Phi) is 5.79. The van der Waals surface area contributed by atoms with E-state index in [-0.39, 0.29) is 6.85 Å². The molecule has 0 saturated heterocycles. The lowest BCUT2D eigenvalue weighted by Gasteiger charge is -2.44. The van der Waals surface area contributed by atoms with Gasteiger partial charge in [-0.25, -0.2) is 4.68 Å². The minimum absolute atomic E-state index is 0.0371. The summed E-state index contributed by atoms with van der Waals surface area (Å²) in [5.74, 6) is 0. The molecule has 0 amide bonds. The fourth-order valence-electron chi connectivity index (χ4n) is 8.16. The van der Waals surface area contributed by atoms with E-state index >= 15 is 0 Å². The maximum Gasteiger partial charge on any atom is 0.329 e. The largest absolute Gasteiger partial charge is 0.376 e. The number of para-hydroxylation sites is 3. The van der Waals surface area contributed by atoms with Gasteiger partial charge < -0.3 is 14.6 Å². The van der Waals surface area contributed by atoms with Crippen molar-refractivity contribution in [1.82, 2.24) is 9.78 Å². The smallest absolute Gasteiger partial charge is 0.329 e. The lowest BCUT2D eigenvalue weighted by Crippen LogP contribution is -2.59. The number of hydrogen-bond donors (Lipinski definition) is 0. The van der Waals surface area contributed by atoms with Crippen LogP contribution in [-0.4, -0.2) is 23.3 Å². The van der Waals surface area contributed by atoms with E-state index in [9.17, 15) is 0 Å². The van der Waals surface area contributed by atoms with Gasteiger partial charge in [-0.1, -0.05) is 91.0 Å². The van der Waals surface area contributed by atoms with E-state index in [2.05, 4.69) is 179 Å². The second-order valence-electron chi connectivity index (χ2n) is 13.0. The van der Waals surface area contributed by atoms with E-state index in [0.29, 0.717) is 0 Å². The normalized spacial score (nSPS) is 13.8. The number of aromatic nitrogens is 2. The zero-order valence-corrected chi connectivity index (χ0v) is 26.9. The molecule has 0 atom stereocenters. The van der Waals surface area contributed by atoms with Gasteiger partial charge in [0, 0.05) is 39.6 Å². The summed E-state index contributed by atoms with van der Waals surface area (Å²) in [6.07, 6.45) is 0. The molecule has 0 aliphatic carbocycles. The molecule has 7 aromatic rings. The average Bonchev–Trinajstić information content (AvgIpc) is 3.70. The fraction of sp³-hybridized carbons (Fsp3) is 0.0714. The maximum atomic E-state index is 4.86. The highest BCUT2D eigenvalue weighted by Gasteiger charge is 2.42. The van der Waals surface area contributed by atoms with Crippen LogP contribution in [0.15, 0.2) is 146 Å². The molecule has 3 aliphatic heterocycles. The van der Waals surface area contributed by atoms with E-state index in [1.54, 1.807) is 0 Å². The molecule has 0 saturated carbocycles. The Hall–Kier alpha value is -6.01. The standard InChI is InChI=1S/C42H32BN5/c1-28-24-29(2)48(44-28)32-21-23-36-34-15-7-9-17-38(34)43-37-16-8-6-14-33(37)35-22-20-31(25-41(35)47(43)42(36)26-32)46-27-45(30-12-4-3-5-13-30)39-18-10-11-19-40(39)46/h3-26H,27H2,1-2H3. The Morgan fingerprint density at radius 2 is 1.02 bits per heavy atom. The molecule has 0 bridgehead atoms. The molecule has 0 spiro atoms. The van der Waals surface area contributed by atoms with Crippen LogP contribution in [0.5, 0.6) is 0 Å². The van der Waals surface area contributed by atoms with E-state index in [4.69, 9.17) is 5.10 Å². The third kappa shape index (κ3) is 3.89. The summed E-state index contributed by atoms with van der Waals surface area (Å²) in [7, 11) is 0. The zero-order chi connectivity index (χ0) is 31.9. The summed E-state index contributed by atoms with van der Waals surface area (Å²) in [5.41, 5.74) is 18.2. The maximum absolute atomic E-state index is 4.86. The summed E-state index contributed by atoms with van der Waals surface area (Å²) >= 11 is 0. The van der Waals surface area contributed by atoms with Crippen molar-refractivity contribution in [3.8, 4) is 27.9 Å². The SMILES string of the molecule is Cc1cc(C)n(-c2ccc3c(c2)N2B(c4ccccc4-c4ccc(N5CN(c6ccccc6)c6ccccc65)cc42)c2ccccc2-3)n1. The second-order valence-corrected chi connectivity index (χ2v) is 13.0. The molecular weight excluding hydrogens is 585 g/mol. The number of anilines is 6. The Balaban J connectivity index is 1.20.